The van der Waals surface area contributed by atoms with E-state index in [1.165, 1.54) is 15.6 Å². The first kappa shape index (κ1) is 12.8. The molecule has 0 aliphatic rings. The molecular formula is C13H18IO. The number of benzene rings is 1. The minimum Gasteiger partial charge on any atom is -0.494 e. The Balaban J connectivity index is 2.71. The lowest BCUT2D eigenvalue weighted by molar-refractivity contribution is 0.309. The lowest BCUT2D eigenvalue weighted by Gasteiger charge is -2.10. The third kappa shape index (κ3) is 4.41. The molecule has 0 bridgehead atoms. The Morgan fingerprint density at radius 2 is 2.13 bits per heavy atom. The molecular weight excluding hydrogens is 299 g/mol. The van der Waals surface area contributed by atoms with Gasteiger partial charge in [0, 0.05) is 3.57 Å². The van der Waals surface area contributed by atoms with Gasteiger partial charge >= 0.3 is 0 Å². The maximum atomic E-state index is 5.69. The highest BCUT2D eigenvalue weighted by Gasteiger charge is 2.03. The van der Waals surface area contributed by atoms with Crippen molar-refractivity contribution in [3.63, 3.8) is 0 Å². The van der Waals surface area contributed by atoms with Crippen molar-refractivity contribution in [2.75, 3.05) is 6.61 Å². The van der Waals surface area contributed by atoms with E-state index >= 15 is 0 Å². The molecule has 0 amide bonds. The highest BCUT2D eigenvalue weighted by molar-refractivity contribution is 14.1. The summed E-state index contributed by atoms with van der Waals surface area (Å²) in [6.45, 7) is 9.10. The van der Waals surface area contributed by atoms with E-state index in [0.29, 0.717) is 5.92 Å². The Morgan fingerprint density at radius 3 is 2.73 bits per heavy atom. The van der Waals surface area contributed by atoms with E-state index in [0.717, 1.165) is 18.8 Å². The standard InChI is InChI=1S/C13H18IO/c1-4-5-6-15-13-8-11(10(2)3)7-12(14)9-13/h7-10H,2,4-6H2,1,3H3. The van der Waals surface area contributed by atoms with Crippen LogP contribution in [-0.2, 0) is 0 Å². The van der Waals surface area contributed by atoms with Gasteiger partial charge in [0.15, 0.2) is 0 Å². The molecule has 0 saturated heterocycles. The van der Waals surface area contributed by atoms with Gasteiger partial charge in [0.25, 0.3) is 0 Å². The second kappa shape index (κ2) is 6.36. The van der Waals surface area contributed by atoms with Crippen molar-refractivity contribution in [3.8, 4) is 5.75 Å². The summed E-state index contributed by atoms with van der Waals surface area (Å²) in [5.74, 6) is 1.29. The Morgan fingerprint density at radius 1 is 1.40 bits per heavy atom. The van der Waals surface area contributed by atoms with Crippen LogP contribution in [0.3, 0.4) is 0 Å². The van der Waals surface area contributed by atoms with Gasteiger partial charge < -0.3 is 4.74 Å². The first-order valence-electron chi connectivity index (χ1n) is 5.40. The summed E-state index contributed by atoms with van der Waals surface area (Å²) in [6.07, 6.45) is 2.28. The van der Waals surface area contributed by atoms with Gasteiger partial charge in [0.1, 0.15) is 5.75 Å². The Kier molecular flexibility index (Phi) is 5.43. The molecule has 1 rings (SSSR count). The third-order valence-corrected chi connectivity index (χ3v) is 2.85. The molecule has 2 heteroatoms. The van der Waals surface area contributed by atoms with E-state index in [1.807, 2.05) is 0 Å². The molecule has 0 heterocycles. The van der Waals surface area contributed by atoms with Crippen LogP contribution >= 0.6 is 22.6 Å². The van der Waals surface area contributed by atoms with Gasteiger partial charge in [-0.25, -0.2) is 0 Å². The van der Waals surface area contributed by atoms with Crippen LogP contribution < -0.4 is 4.74 Å². The summed E-state index contributed by atoms with van der Waals surface area (Å²) < 4.78 is 6.90. The molecule has 1 nitrogen and oxygen atoms in total. The molecule has 1 unspecified atom stereocenters. The van der Waals surface area contributed by atoms with Gasteiger partial charge in [-0.1, -0.05) is 20.3 Å². The monoisotopic (exact) mass is 317 g/mol. The third-order valence-electron chi connectivity index (χ3n) is 2.23. The van der Waals surface area contributed by atoms with Crippen molar-refractivity contribution in [3.05, 3.63) is 34.3 Å². The van der Waals surface area contributed by atoms with Crippen LogP contribution in [0, 0.1) is 10.5 Å². The number of halogens is 1. The SMILES string of the molecule is [CH2]C(C)c1cc(I)cc(OCCCC)c1. The lowest BCUT2D eigenvalue weighted by Crippen LogP contribution is -1.98. The van der Waals surface area contributed by atoms with E-state index in [4.69, 9.17) is 4.74 Å². The van der Waals surface area contributed by atoms with Gasteiger partial charge in [-0.2, -0.15) is 0 Å². The summed E-state index contributed by atoms with van der Waals surface area (Å²) in [5.41, 5.74) is 1.24. The van der Waals surface area contributed by atoms with Crippen LogP contribution in [0.5, 0.6) is 5.75 Å². The molecule has 1 aromatic carbocycles. The van der Waals surface area contributed by atoms with Gasteiger partial charge in [-0.15, -0.1) is 0 Å². The van der Waals surface area contributed by atoms with Crippen molar-refractivity contribution < 1.29 is 4.74 Å². The number of rotatable bonds is 5. The summed E-state index contributed by atoms with van der Waals surface area (Å²) in [5, 5.41) is 0. The van der Waals surface area contributed by atoms with Crippen molar-refractivity contribution in [2.24, 2.45) is 0 Å². The highest BCUT2D eigenvalue weighted by atomic mass is 127. The van der Waals surface area contributed by atoms with Crippen LogP contribution in [0.2, 0.25) is 0 Å². The largest absolute Gasteiger partial charge is 0.494 e. The van der Waals surface area contributed by atoms with Crippen molar-refractivity contribution in [2.45, 2.75) is 32.6 Å². The smallest absolute Gasteiger partial charge is 0.120 e. The summed E-state index contributed by atoms with van der Waals surface area (Å²) in [7, 11) is 0. The molecule has 1 aromatic rings. The topological polar surface area (TPSA) is 9.23 Å². The van der Waals surface area contributed by atoms with E-state index in [9.17, 15) is 0 Å². The fourth-order valence-corrected chi connectivity index (χ4v) is 1.95. The highest BCUT2D eigenvalue weighted by Crippen LogP contribution is 2.24. The number of hydrogen-bond acceptors (Lipinski definition) is 1. The molecule has 1 radical (unpaired) electrons. The quantitative estimate of drug-likeness (QED) is 0.577. The number of hydrogen-bond donors (Lipinski definition) is 0. The average Bonchev–Trinajstić information content (AvgIpc) is 2.17. The molecule has 83 valence electrons. The second-order valence-electron chi connectivity index (χ2n) is 3.82. The first-order valence-corrected chi connectivity index (χ1v) is 6.47. The molecule has 1 atom stereocenters. The van der Waals surface area contributed by atoms with Crippen LogP contribution in [-0.4, -0.2) is 6.61 Å². The van der Waals surface area contributed by atoms with Crippen LogP contribution in [0.15, 0.2) is 18.2 Å². The minimum atomic E-state index is 0.313. The Hall–Kier alpha value is -0.250. The zero-order valence-corrected chi connectivity index (χ0v) is 11.6. The predicted octanol–water partition coefficient (Wildman–Crippen LogP) is 4.41. The number of ether oxygens (including phenoxy) is 1. The van der Waals surface area contributed by atoms with Gasteiger partial charge in [-0.3, -0.25) is 0 Å². The van der Waals surface area contributed by atoms with E-state index in [-0.39, 0.29) is 0 Å². The first-order chi connectivity index (χ1) is 7.13. The zero-order chi connectivity index (χ0) is 11.3. The second-order valence-corrected chi connectivity index (χ2v) is 5.07. The molecule has 0 saturated carbocycles. The number of unbranched alkanes of at least 4 members (excludes halogenated alkanes) is 1. The average molecular weight is 317 g/mol. The fraction of sp³-hybridized carbons (Fsp3) is 0.462. The fourth-order valence-electron chi connectivity index (χ4n) is 1.29. The van der Waals surface area contributed by atoms with Crippen LogP contribution in [0.4, 0.5) is 0 Å². The Labute approximate surface area is 106 Å². The minimum absolute atomic E-state index is 0.313. The molecule has 0 N–H and O–H groups in total. The Bertz CT molecular complexity index is 307. The lowest BCUT2D eigenvalue weighted by atomic mass is 10.0. The molecule has 0 aliphatic carbocycles. The molecule has 0 aliphatic heterocycles. The predicted molar refractivity (Wildman–Crippen MR) is 73.3 cm³/mol. The van der Waals surface area contributed by atoms with Crippen LogP contribution in [0.1, 0.15) is 38.2 Å². The zero-order valence-electron chi connectivity index (χ0n) is 9.42. The van der Waals surface area contributed by atoms with Crippen molar-refractivity contribution in [1.29, 1.82) is 0 Å². The van der Waals surface area contributed by atoms with Gasteiger partial charge in [-0.05, 0) is 65.6 Å². The van der Waals surface area contributed by atoms with Crippen LogP contribution in [0.25, 0.3) is 0 Å². The molecule has 0 spiro atoms. The van der Waals surface area contributed by atoms with Crippen molar-refractivity contribution >= 4 is 22.6 Å². The summed E-state index contributed by atoms with van der Waals surface area (Å²) >= 11 is 2.32. The maximum absolute atomic E-state index is 5.69. The molecule has 15 heavy (non-hydrogen) atoms. The molecule has 0 fully saturated rings. The maximum Gasteiger partial charge on any atom is 0.120 e. The van der Waals surface area contributed by atoms with Crippen molar-refractivity contribution in [1.82, 2.24) is 0 Å². The summed E-state index contributed by atoms with van der Waals surface area (Å²) in [6, 6.07) is 6.32. The molecule has 0 aromatic heterocycles. The van der Waals surface area contributed by atoms with E-state index < -0.39 is 0 Å². The van der Waals surface area contributed by atoms with Gasteiger partial charge in [0.05, 0.1) is 6.61 Å². The van der Waals surface area contributed by atoms with Gasteiger partial charge in [0.2, 0.25) is 0 Å². The van der Waals surface area contributed by atoms with E-state index in [1.54, 1.807) is 0 Å². The normalized spacial score (nSPS) is 10.7. The summed E-state index contributed by atoms with van der Waals surface area (Å²) in [4.78, 5) is 0. The van der Waals surface area contributed by atoms with E-state index in [2.05, 4.69) is 61.6 Å².